The van der Waals surface area contributed by atoms with Crippen molar-refractivity contribution in [2.45, 2.75) is 31.8 Å². The summed E-state index contributed by atoms with van der Waals surface area (Å²) in [5.74, 6) is 0.159. The molecule has 0 spiro atoms. The van der Waals surface area contributed by atoms with E-state index in [1.54, 1.807) is 0 Å². The van der Waals surface area contributed by atoms with Gasteiger partial charge in [0.1, 0.15) is 0 Å². The number of nitrogens with one attached hydrogen (secondary N) is 2. The molecule has 0 bridgehead atoms. The van der Waals surface area contributed by atoms with Gasteiger partial charge < -0.3 is 10.6 Å². The minimum absolute atomic E-state index is 0.159. The smallest absolute Gasteiger partial charge is 0.221 e. The van der Waals surface area contributed by atoms with Crippen LogP contribution in [0.15, 0.2) is 28.7 Å². The van der Waals surface area contributed by atoms with Crippen molar-refractivity contribution in [3.8, 4) is 0 Å². The highest BCUT2D eigenvalue weighted by atomic mass is 79.9. The van der Waals surface area contributed by atoms with Crippen molar-refractivity contribution < 1.29 is 4.79 Å². The van der Waals surface area contributed by atoms with E-state index < -0.39 is 0 Å². The maximum absolute atomic E-state index is 11.4. The predicted octanol–water partition coefficient (Wildman–Crippen LogP) is 2.21. The predicted molar refractivity (Wildman–Crippen MR) is 71.6 cm³/mol. The molecular weight excluding hydrogens is 280 g/mol. The van der Waals surface area contributed by atoms with Gasteiger partial charge in [-0.2, -0.15) is 0 Å². The van der Waals surface area contributed by atoms with Crippen LogP contribution < -0.4 is 10.6 Å². The molecule has 1 aromatic carbocycles. The number of carbonyl (C=O) groups is 1. The lowest BCUT2D eigenvalue weighted by Crippen LogP contribution is -2.29. The Morgan fingerprint density at radius 2 is 2.12 bits per heavy atom. The second-order valence-corrected chi connectivity index (χ2v) is 5.21. The number of benzene rings is 1. The van der Waals surface area contributed by atoms with Gasteiger partial charge in [0.05, 0.1) is 0 Å². The van der Waals surface area contributed by atoms with E-state index >= 15 is 0 Å². The Morgan fingerprint density at radius 1 is 1.35 bits per heavy atom. The lowest BCUT2D eigenvalue weighted by Gasteiger charge is -2.07. The van der Waals surface area contributed by atoms with E-state index in [0.29, 0.717) is 12.5 Å². The fraction of sp³-hybridized carbons (Fsp3) is 0.462. The molecule has 1 fully saturated rings. The van der Waals surface area contributed by atoms with Crippen molar-refractivity contribution in [1.29, 1.82) is 0 Å². The second-order valence-electron chi connectivity index (χ2n) is 4.36. The van der Waals surface area contributed by atoms with Crippen LogP contribution in [-0.4, -0.2) is 18.5 Å². The first-order valence-electron chi connectivity index (χ1n) is 5.99. The van der Waals surface area contributed by atoms with Gasteiger partial charge in [-0.15, -0.1) is 0 Å². The van der Waals surface area contributed by atoms with Crippen molar-refractivity contribution >= 4 is 21.8 Å². The lowest BCUT2D eigenvalue weighted by molar-refractivity contribution is -0.121. The Hall–Kier alpha value is -0.870. The molecule has 1 saturated carbocycles. The van der Waals surface area contributed by atoms with Crippen molar-refractivity contribution in [1.82, 2.24) is 10.6 Å². The van der Waals surface area contributed by atoms with Gasteiger partial charge in [0.25, 0.3) is 0 Å². The van der Waals surface area contributed by atoms with Crippen LogP contribution in [0.5, 0.6) is 0 Å². The third-order valence-electron chi connectivity index (χ3n) is 2.74. The molecule has 0 aromatic heterocycles. The molecule has 0 unspecified atom stereocenters. The summed E-state index contributed by atoms with van der Waals surface area (Å²) in [6.07, 6.45) is 2.85. The molecule has 92 valence electrons. The Morgan fingerprint density at radius 3 is 2.82 bits per heavy atom. The summed E-state index contributed by atoms with van der Waals surface area (Å²) in [5.41, 5.74) is 1.22. The standard InChI is InChI=1S/C13H17BrN2O/c14-12-4-2-1-3-10(12)9-15-8-7-13(17)16-11-5-6-11/h1-4,11,15H,5-9H2,(H,16,17). The van der Waals surface area contributed by atoms with E-state index in [2.05, 4.69) is 32.6 Å². The summed E-state index contributed by atoms with van der Waals surface area (Å²) in [7, 11) is 0. The van der Waals surface area contributed by atoms with Crippen LogP contribution in [0.4, 0.5) is 0 Å². The Labute approximate surface area is 110 Å². The van der Waals surface area contributed by atoms with Crippen molar-refractivity contribution in [2.24, 2.45) is 0 Å². The van der Waals surface area contributed by atoms with Gasteiger partial charge in [-0.05, 0) is 24.5 Å². The molecule has 1 aromatic rings. The molecule has 0 aliphatic heterocycles. The van der Waals surface area contributed by atoms with Gasteiger partial charge in [0.15, 0.2) is 0 Å². The average Bonchev–Trinajstić information content (AvgIpc) is 3.10. The Balaban J connectivity index is 1.62. The van der Waals surface area contributed by atoms with E-state index in [9.17, 15) is 4.79 Å². The molecule has 2 rings (SSSR count). The summed E-state index contributed by atoms with van der Waals surface area (Å²) in [5, 5.41) is 6.25. The molecule has 2 N–H and O–H groups in total. The Kier molecular flexibility index (Phi) is 4.57. The summed E-state index contributed by atoms with van der Waals surface area (Å²) in [4.78, 5) is 11.4. The lowest BCUT2D eigenvalue weighted by atomic mass is 10.2. The van der Waals surface area contributed by atoms with Crippen LogP contribution in [0.3, 0.4) is 0 Å². The molecule has 1 aliphatic carbocycles. The summed E-state index contributed by atoms with van der Waals surface area (Å²) in [6.45, 7) is 1.51. The molecule has 3 nitrogen and oxygen atoms in total. The molecule has 17 heavy (non-hydrogen) atoms. The average molecular weight is 297 g/mol. The monoisotopic (exact) mass is 296 g/mol. The maximum atomic E-state index is 11.4. The minimum Gasteiger partial charge on any atom is -0.353 e. The van der Waals surface area contributed by atoms with Crippen LogP contribution in [0, 0.1) is 0 Å². The topological polar surface area (TPSA) is 41.1 Å². The third-order valence-corrected chi connectivity index (χ3v) is 3.52. The van der Waals surface area contributed by atoms with Gasteiger partial charge in [0.2, 0.25) is 5.91 Å². The van der Waals surface area contributed by atoms with Gasteiger partial charge in [-0.3, -0.25) is 4.79 Å². The van der Waals surface area contributed by atoms with E-state index in [4.69, 9.17) is 0 Å². The van der Waals surface area contributed by atoms with Crippen molar-refractivity contribution in [3.05, 3.63) is 34.3 Å². The highest BCUT2D eigenvalue weighted by molar-refractivity contribution is 9.10. The van der Waals surface area contributed by atoms with Gasteiger partial charge in [0, 0.05) is 30.0 Å². The molecule has 0 saturated heterocycles. The van der Waals surface area contributed by atoms with E-state index in [0.717, 1.165) is 30.4 Å². The van der Waals surface area contributed by atoms with Crippen LogP contribution >= 0.6 is 15.9 Å². The van der Waals surface area contributed by atoms with E-state index in [1.165, 1.54) is 5.56 Å². The van der Waals surface area contributed by atoms with Gasteiger partial charge >= 0.3 is 0 Å². The SMILES string of the molecule is O=C(CCNCc1ccccc1Br)NC1CC1. The minimum atomic E-state index is 0.159. The molecule has 0 heterocycles. The first kappa shape index (κ1) is 12.6. The summed E-state index contributed by atoms with van der Waals surface area (Å²) >= 11 is 3.50. The fourth-order valence-electron chi connectivity index (χ4n) is 1.59. The van der Waals surface area contributed by atoms with E-state index in [1.807, 2.05) is 18.2 Å². The molecule has 0 radical (unpaired) electrons. The van der Waals surface area contributed by atoms with E-state index in [-0.39, 0.29) is 5.91 Å². The maximum Gasteiger partial charge on any atom is 0.221 e. The zero-order valence-corrected chi connectivity index (χ0v) is 11.3. The summed E-state index contributed by atoms with van der Waals surface area (Å²) in [6, 6.07) is 8.57. The molecular formula is C13H17BrN2O. The number of carbonyl (C=O) groups excluding carboxylic acids is 1. The van der Waals surface area contributed by atoms with Crippen LogP contribution in [0.2, 0.25) is 0 Å². The highest BCUT2D eigenvalue weighted by Crippen LogP contribution is 2.18. The van der Waals surface area contributed by atoms with Gasteiger partial charge in [-0.1, -0.05) is 34.1 Å². The first-order valence-corrected chi connectivity index (χ1v) is 6.78. The second kappa shape index (κ2) is 6.17. The number of hydrogen-bond acceptors (Lipinski definition) is 2. The number of halogens is 1. The number of rotatable bonds is 6. The normalized spacial score (nSPS) is 14.6. The third kappa shape index (κ3) is 4.48. The molecule has 1 amide bonds. The molecule has 4 heteroatoms. The zero-order valence-electron chi connectivity index (χ0n) is 9.71. The van der Waals surface area contributed by atoms with Crippen LogP contribution in [-0.2, 0) is 11.3 Å². The quantitative estimate of drug-likeness (QED) is 0.790. The Bertz CT molecular complexity index is 391. The van der Waals surface area contributed by atoms with Gasteiger partial charge in [-0.25, -0.2) is 0 Å². The molecule has 0 atom stereocenters. The van der Waals surface area contributed by atoms with Crippen molar-refractivity contribution in [2.75, 3.05) is 6.54 Å². The largest absolute Gasteiger partial charge is 0.353 e. The number of hydrogen-bond donors (Lipinski definition) is 2. The molecule has 1 aliphatic rings. The number of amides is 1. The zero-order chi connectivity index (χ0) is 12.1. The van der Waals surface area contributed by atoms with Crippen LogP contribution in [0.1, 0.15) is 24.8 Å². The van der Waals surface area contributed by atoms with Crippen LogP contribution in [0.25, 0.3) is 0 Å². The first-order chi connectivity index (χ1) is 8.25. The van der Waals surface area contributed by atoms with Crippen molar-refractivity contribution in [3.63, 3.8) is 0 Å². The highest BCUT2D eigenvalue weighted by Gasteiger charge is 2.22. The summed E-state index contributed by atoms with van der Waals surface area (Å²) < 4.78 is 1.11. The fourth-order valence-corrected chi connectivity index (χ4v) is 2.02.